The second-order valence-electron chi connectivity index (χ2n) is 10.1. The quantitative estimate of drug-likeness (QED) is 0.360. The summed E-state index contributed by atoms with van der Waals surface area (Å²) in [5, 5.41) is 7.62. The fourth-order valence-electron chi connectivity index (χ4n) is 5.19. The molecule has 2 N–H and O–H groups in total. The smallest absolute Gasteiger partial charge is 0.247 e. The maximum absolute atomic E-state index is 14.6. The van der Waals surface area contributed by atoms with Crippen LogP contribution in [0.15, 0.2) is 55.4 Å². The third-order valence-corrected chi connectivity index (χ3v) is 7.38. The molecule has 3 heterocycles. The normalized spacial score (nSPS) is 18.6. The molecule has 41 heavy (non-hydrogen) atoms. The highest BCUT2D eigenvalue weighted by atomic mass is 19.2. The van der Waals surface area contributed by atoms with Crippen molar-refractivity contribution in [2.75, 3.05) is 61.5 Å². The van der Waals surface area contributed by atoms with Crippen molar-refractivity contribution in [3.63, 3.8) is 0 Å². The van der Waals surface area contributed by atoms with Crippen LogP contribution in [-0.2, 0) is 9.63 Å². The van der Waals surface area contributed by atoms with Crippen LogP contribution in [0.25, 0.3) is 0 Å². The summed E-state index contributed by atoms with van der Waals surface area (Å²) in [6.07, 6.45) is 4.02. The van der Waals surface area contributed by atoms with Crippen molar-refractivity contribution in [3.05, 3.63) is 72.6 Å². The van der Waals surface area contributed by atoms with Crippen LogP contribution in [0, 0.1) is 11.6 Å². The number of hydroxylamine groups is 1. The van der Waals surface area contributed by atoms with Gasteiger partial charge in [-0.25, -0.2) is 23.8 Å². The number of benzene rings is 2. The summed E-state index contributed by atoms with van der Waals surface area (Å²) in [5.74, 6) is -0.838. The van der Waals surface area contributed by atoms with Gasteiger partial charge in [0.05, 0.1) is 36.8 Å². The Labute approximate surface area is 237 Å². The topological polar surface area (TPSA) is 95.1 Å². The zero-order chi connectivity index (χ0) is 29.1. The first-order chi connectivity index (χ1) is 19.8. The lowest BCUT2D eigenvalue weighted by atomic mass is 10.0. The molecule has 2 unspecified atom stereocenters. The van der Waals surface area contributed by atoms with Gasteiger partial charge in [0.15, 0.2) is 17.5 Å². The van der Waals surface area contributed by atoms with E-state index in [2.05, 4.69) is 51.1 Å². The molecule has 5 rings (SSSR count). The monoisotopic (exact) mass is 565 g/mol. The molecule has 0 bridgehead atoms. The lowest BCUT2D eigenvalue weighted by molar-refractivity contribution is -0.111. The molecule has 0 spiro atoms. The van der Waals surface area contributed by atoms with E-state index in [4.69, 9.17) is 9.57 Å². The Kier molecular flexibility index (Phi) is 8.31. The van der Waals surface area contributed by atoms with Crippen molar-refractivity contribution >= 4 is 34.6 Å². The Hall–Kier alpha value is -4.29. The van der Waals surface area contributed by atoms with E-state index in [1.54, 1.807) is 19.2 Å². The minimum atomic E-state index is -0.916. The molecule has 2 atom stereocenters. The van der Waals surface area contributed by atoms with Gasteiger partial charge < -0.3 is 25.2 Å². The average molecular weight is 566 g/mol. The van der Waals surface area contributed by atoms with Crippen molar-refractivity contribution in [1.82, 2.24) is 14.9 Å². The Morgan fingerprint density at radius 1 is 1.20 bits per heavy atom. The van der Waals surface area contributed by atoms with Crippen LogP contribution in [0.3, 0.4) is 0 Å². The molecule has 2 saturated heterocycles. The van der Waals surface area contributed by atoms with Crippen LogP contribution >= 0.6 is 0 Å². The van der Waals surface area contributed by atoms with Gasteiger partial charge in [0.2, 0.25) is 5.91 Å². The minimum absolute atomic E-state index is 0.189. The number of likely N-dealkylation sites (N-methyl/N-ethyl adjacent to an activating group) is 1. The fraction of sp³-hybridized carbons (Fsp3) is 0.345. The molecule has 216 valence electrons. The summed E-state index contributed by atoms with van der Waals surface area (Å²) in [6.45, 7) is 5.53. The molecule has 3 aromatic rings. The number of nitrogens with zero attached hydrogens (tertiary/aromatic N) is 5. The Morgan fingerprint density at radius 3 is 2.76 bits per heavy atom. The first-order valence-corrected chi connectivity index (χ1v) is 13.3. The Bertz CT molecular complexity index is 1440. The van der Waals surface area contributed by atoms with Gasteiger partial charge in [-0.05, 0) is 38.7 Å². The predicted octanol–water partition coefficient (Wildman–Crippen LogP) is 4.65. The molecule has 2 aliphatic heterocycles. The van der Waals surface area contributed by atoms with E-state index in [1.165, 1.54) is 29.6 Å². The lowest BCUT2D eigenvalue weighted by Gasteiger charge is -2.26. The number of amides is 1. The van der Waals surface area contributed by atoms with Crippen molar-refractivity contribution in [2.24, 2.45) is 0 Å². The van der Waals surface area contributed by atoms with Crippen molar-refractivity contribution in [3.8, 4) is 5.75 Å². The molecule has 12 heteroatoms. The van der Waals surface area contributed by atoms with Gasteiger partial charge >= 0.3 is 0 Å². The number of nitrogens with one attached hydrogen (secondary N) is 2. The molecule has 0 aliphatic carbocycles. The van der Waals surface area contributed by atoms with Crippen LogP contribution in [-0.4, -0.2) is 67.7 Å². The summed E-state index contributed by atoms with van der Waals surface area (Å²) in [4.78, 5) is 31.1. The predicted molar refractivity (Wildman–Crippen MR) is 154 cm³/mol. The van der Waals surface area contributed by atoms with Gasteiger partial charge in [-0.15, -0.1) is 0 Å². The summed E-state index contributed by atoms with van der Waals surface area (Å²) in [5.41, 5.74) is 2.17. The number of carbonyl (C=O) groups is 1. The lowest BCUT2D eigenvalue weighted by Crippen LogP contribution is -2.31. The molecular weight excluding hydrogens is 532 g/mol. The Morgan fingerprint density at radius 2 is 2.02 bits per heavy atom. The van der Waals surface area contributed by atoms with E-state index in [1.807, 2.05) is 6.07 Å². The summed E-state index contributed by atoms with van der Waals surface area (Å²) >= 11 is 0. The SMILES string of the molecule is C=CC(=O)Nc1cc(Nc2cc(N3OCCC3c3cccc(F)c3F)ncn2)c(OC)cc1N1CCC(N(C)C)C1. The van der Waals surface area contributed by atoms with Gasteiger partial charge in [-0.2, -0.15) is 0 Å². The zero-order valence-corrected chi connectivity index (χ0v) is 23.2. The molecular formula is C29H33F2N7O3. The first kappa shape index (κ1) is 28.2. The van der Waals surface area contributed by atoms with E-state index in [0.29, 0.717) is 47.8 Å². The van der Waals surface area contributed by atoms with E-state index in [-0.39, 0.29) is 11.5 Å². The van der Waals surface area contributed by atoms with Gasteiger partial charge in [0.1, 0.15) is 17.9 Å². The maximum atomic E-state index is 14.6. The first-order valence-electron chi connectivity index (χ1n) is 13.3. The van der Waals surface area contributed by atoms with Crippen LogP contribution in [0.5, 0.6) is 5.75 Å². The number of halogens is 2. The number of hydrogen-bond donors (Lipinski definition) is 2. The van der Waals surface area contributed by atoms with Crippen LogP contribution in [0.4, 0.5) is 37.5 Å². The molecule has 2 aliphatic rings. The molecule has 2 aromatic carbocycles. The highest BCUT2D eigenvalue weighted by molar-refractivity contribution is 6.02. The number of ether oxygens (including phenoxy) is 1. The highest BCUT2D eigenvalue weighted by Crippen LogP contribution is 2.41. The van der Waals surface area contributed by atoms with Crippen LogP contribution < -0.4 is 25.3 Å². The van der Waals surface area contributed by atoms with E-state index >= 15 is 0 Å². The summed E-state index contributed by atoms with van der Waals surface area (Å²) < 4.78 is 34.3. The summed E-state index contributed by atoms with van der Waals surface area (Å²) in [7, 11) is 5.69. The van der Waals surface area contributed by atoms with Crippen molar-refractivity contribution in [1.29, 1.82) is 0 Å². The fourth-order valence-corrected chi connectivity index (χ4v) is 5.19. The number of anilines is 5. The van der Waals surface area contributed by atoms with E-state index < -0.39 is 17.7 Å². The number of aromatic nitrogens is 2. The van der Waals surface area contributed by atoms with Crippen LogP contribution in [0.2, 0.25) is 0 Å². The average Bonchev–Trinajstić information content (AvgIpc) is 3.66. The number of methoxy groups -OCH3 is 1. The minimum Gasteiger partial charge on any atom is -0.494 e. The van der Waals surface area contributed by atoms with E-state index in [9.17, 15) is 13.6 Å². The Balaban J connectivity index is 1.45. The third-order valence-electron chi connectivity index (χ3n) is 7.38. The largest absolute Gasteiger partial charge is 0.494 e. The van der Waals surface area contributed by atoms with Crippen molar-refractivity contribution < 1.29 is 23.1 Å². The second kappa shape index (κ2) is 12.1. The molecule has 1 amide bonds. The molecule has 2 fully saturated rings. The molecule has 1 aromatic heterocycles. The maximum Gasteiger partial charge on any atom is 0.247 e. The molecule has 0 radical (unpaired) electrons. The molecule has 10 nitrogen and oxygen atoms in total. The number of carbonyl (C=O) groups excluding carboxylic acids is 1. The second-order valence-corrected chi connectivity index (χ2v) is 10.1. The number of hydrogen-bond acceptors (Lipinski definition) is 9. The zero-order valence-electron chi connectivity index (χ0n) is 23.2. The number of rotatable bonds is 9. The standard InChI is InChI=1S/C29H33F2N7O3/c1-5-28(39)35-21-13-22(25(40-4)14-24(21)37-11-9-18(16-37)36(2)3)34-26-15-27(33-17-32-26)38-23(10-12-41-38)19-7-6-8-20(30)29(19)31/h5-8,13-15,17-18,23H,1,9-12,16H2,2-4H3,(H,35,39)(H,32,33,34). The van der Waals surface area contributed by atoms with Gasteiger partial charge in [-0.1, -0.05) is 18.7 Å². The van der Waals surface area contributed by atoms with Crippen molar-refractivity contribution in [2.45, 2.75) is 24.9 Å². The summed E-state index contributed by atoms with van der Waals surface area (Å²) in [6, 6.07) is 9.24. The van der Waals surface area contributed by atoms with Gasteiger partial charge in [0.25, 0.3) is 0 Å². The molecule has 0 saturated carbocycles. The highest BCUT2D eigenvalue weighted by Gasteiger charge is 2.32. The van der Waals surface area contributed by atoms with E-state index in [0.717, 1.165) is 31.3 Å². The van der Waals surface area contributed by atoms with Gasteiger partial charge in [0, 0.05) is 43.2 Å². The van der Waals surface area contributed by atoms with Gasteiger partial charge in [-0.3, -0.25) is 9.63 Å². The third kappa shape index (κ3) is 5.93. The van der Waals surface area contributed by atoms with Crippen LogP contribution in [0.1, 0.15) is 24.4 Å².